The van der Waals surface area contributed by atoms with E-state index in [1.807, 2.05) is 36.4 Å². The molecule has 0 aromatic heterocycles. The number of carbonyl (C=O) groups is 3. The summed E-state index contributed by atoms with van der Waals surface area (Å²) in [4.78, 5) is 40.3. The van der Waals surface area contributed by atoms with Crippen molar-refractivity contribution in [2.45, 2.75) is 6.42 Å². The Morgan fingerprint density at radius 1 is 1.06 bits per heavy atom. The van der Waals surface area contributed by atoms with Gasteiger partial charge in [0.25, 0.3) is 11.1 Å². The van der Waals surface area contributed by atoms with E-state index >= 15 is 0 Å². The van der Waals surface area contributed by atoms with Crippen molar-refractivity contribution < 1.29 is 24.2 Å². The number of imide groups is 1. The van der Waals surface area contributed by atoms with Gasteiger partial charge >= 0.3 is 0 Å². The first kappa shape index (κ1) is 21.1. The number of carbonyl (C=O) groups excluding carboxylic acids is 3. The lowest BCUT2D eigenvalue weighted by Crippen LogP contribution is -2.46. The van der Waals surface area contributed by atoms with Crippen LogP contribution in [0.3, 0.4) is 0 Å². The number of phenolic OH excluding ortho intramolecular Hbond substituents is 1. The molecule has 2 aliphatic heterocycles. The van der Waals surface area contributed by atoms with Crippen LogP contribution in [0.4, 0.5) is 4.79 Å². The van der Waals surface area contributed by atoms with Crippen LogP contribution in [0.15, 0.2) is 53.4 Å². The molecule has 0 unspecified atom stereocenters. The molecule has 2 aromatic rings. The van der Waals surface area contributed by atoms with Gasteiger partial charge in [0, 0.05) is 18.7 Å². The lowest BCUT2D eigenvalue weighted by molar-refractivity contribution is -0.139. The van der Waals surface area contributed by atoms with E-state index in [0.29, 0.717) is 38.3 Å². The molecule has 2 heterocycles. The number of benzene rings is 2. The Bertz CT molecular complexity index is 1030. The number of rotatable bonds is 5. The molecule has 0 radical (unpaired) electrons. The maximum absolute atomic E-state index is 12.8. The molecule has 3 amide bonds. The van der Waals surface area contributed by atoms with Crippen LogP contribution in [0, 0.1) is 0 Å². The predicted octanol–water partition coefficient (Wildman–Crippen LogP) is 2.88. The van der Waals surface area contributed by atoms with E-state index in [4.69, 9.17) is 4.74 Å². The van der Waals surface area contributed by atoms with Crippen LogP contribution in [0.1, 0.15) is 16.7 Å². The van der Waals surface area contributed by atoms with E-state index in [1.165, 1.54) is 6.08 Å². The molecule has 0 spiro atoms. The minimum Gasteiger partial charge on any atom is -0.507 e. The van der Waals surface area contributed by atoms with Crippen LogP contribution in [0.5, 0.6) is 5.75 Å². The van der Waals surface area contributed by atoms with Crippen molar-refractivity contribution >= 4 is 34.9 Å². The smallest absolute Gasteiger partial charge is 0.294 e. The number of phenols is 1. The van der Waals surface area contributed by atoms with Gasteiger partial charge in [0.05, 0.1) is 18.1 Å². The molecule has 2 saturated heterocycles. The molecule has 0 bridgehead atoms. The molecule has 160 valence electrons. The molecular formula is C23H22N2O5S. The van der Waals surface area contributed by atoms with Gasteiger partial charge in [0.15, 0.2) is 0 Å². The maximum atomic E-state index is 12.8. The van der Waals surface area contributed by atoms with Crippen LogP contribution in [-0.2, 0) is 20.7 Å². The van der Waals surface area contributed by atoms with Crippen LogP contribution >= 0.6 is 11.8 Å². The van der Waals surface area contributed by atoms with Gasteiger partial charge in [-0.15, -0.1) is 0 Å². The van der Waals surface area contributed by atoms with Crippen LogP contribution in [0.25, 0.3) is 6.08 Å². The number of morpholine rings is 1. The molecule has 0 saturated carbocycles. The number of ether oxygens (including phenoxy) is 1. The molecule has 2 fully saturated rings. The molecule has 7 nitrogen and oxygen atoms in total. The number of amides is 3. The van der Waals surface area contributed by atoms with Gasteiger partial charge in [-0.3, -0.25) is 19.3 Å². The molecule has 2 aromatic carbocycles. The number of aromatic hydroxyl groups is 1. The third-order valence-corrected chi connectivity index (χ3v) is 6.07. The van der Waals surface area contributed by atoms with Gasteiger partial charge in [-0.25, -0.2) is 0 Å². The molecule has 0 atom stereocenters. The fourth-order valence-electron chi connectivity index (χ4n) is 3.49. The molecule has 4 rings (SSSR count). The summed E-state index contributed by atoms with van der Waals surface area (Å²) in [6.07, 6.45) is 2.19. The molecule has 2 aliphatic rings. The maximum Gasteiger partial charge on any atom is 0.294 e. The van der Waals surface area contributed by atoms with E-state index in [0.717, 1.165) is 27.8 Å². The third kappa shape index (κ3) is 4.98. The zero-order chi connectivity index (χ0) is 21.8. The van der Waals surface area contributed by atoms with Gasteiger partial charge < -0.3 is 14.7 Å². The highest BCUT2D eigenvalue weighted by Gasteiger charge is 2.37. The SMILES string of the molecule is O=C(CN1C(=O)S/C(=C\c2cc(Cc3ccccc3)ccc2O)C1=O)N1CCOCC1. The van der Waals surface area contributed by atoms with Crippen LogP contribution in [-0.4, -0.2) is 64.8 Å². The summed E-state index contributed by atoms with van der Waals surface area (Å²) < 4.78 is 5.23. The molecule has 0 aliphatic carbocycles. The van der Waals surface area contributed by atoms with Crippen LogP contribution < -0.4 is 0 Å². The molecular weight excluding hydrogens is 416 g/mol. The Kier molecular flexibility index (Phi) is 6.39. The van der Waals surface area contributed by atoms with E-state index in [2.05, 4.69) is 0 Å². The van der Waals surface area contributed by atoms with Crippen molar-refractivity contribution in [3.8, 4) is 5.75 Å². The summed E-state index contributed by atoms with van der Waals surface area (Å²) in [5, 5.41) is 9.77. The Labute approximate surface area is 184 Å². The van der Waals surface area contributed by atoms with E-state index in [-0.39, 0.29) is 23.1 Å². The normalized spacial score (nSPS) is 18.1. The second-order valence-corrected chi connectivity index (χ2v) is 8.31. The summed E-state index contributed by atoms with van der Waals surface area (Å²) in [6, 6.07) is 15.1. The third-order valence-electron chi connectivity index (χ3n) is 5.16. The van der Waals surface area contributed by atoms with Crippen molar-refractivity contribution in [3.63, 3.8) is 0 Å². The molecule has 1 N–H and O–H groups in total. The fraction of sp³-hybridized carbons (Fsp3) is 0.261. The fourth-order valence-corrected chi connectivity index (χ4v) is 4.32. The number of hydrogen-bond acceptors (Lipinski definition) is 6. The number of hydrogen-bond donors (Lipinski definition) is 1. The summed E-state index contributed by atoms with van der Waals surface area (Å²) in [5.74, 6) is -0.781. The van der Waals surface area contributed by atoms with E-state index in [1.54, 1.807) is 17.0 Å². The second kappa shape index (κ2) is 9.36. The van der Waals surface area contributed by atoms with Gasteiger partial charge in [-0.1, -0.05) is 36.4 Å². The van der Waals surface area contributed by atoms with Gasteiger partial charge in [-0.05, 0) is 47.5 Å². The van der Waals surface area contributed by atoms with Crippen molar-refractivity contribution in [1.29, 1.82) is 0 Å². The summed E-state index contributed by atoms with van der Waals surface area (Å²) in [6.45, 7) is 1.51. The summed E-state index contributed by atoms with van der Waals surface area (Å²) >= 11 is 0.776. The Hall–Kier alpha value is -3.10. The Morgan fingerprint density at radius 2 is 1.81 bits per heavy atom. The minimum atomic E-state index is -0.524. The number of nitrogens with zero attached hydrogens (tertiary/aromatic N) is 2. The standard InChI is InChI=1S/C23H22N2O5S/c26-19-7-6-17(12-16-4-2-1-3-5-16)13-18(19)14-20-22(28)25(23(29)31-20)15-21(27)24-8-10-30-11-9-24/h1-7,13-14,26H,8-12,15H2/b20-14-. The molecule has 31 heavy (non-hydrogen) atoms. The lowest BCUT2D eigenvalue weighted by Gasteiger charge is -2.28. The largest absolute Gasteiger partial charge is 0.507 e. The Balaban J connectivity index is 1.49. The summed E-state index contributed by atoms with van der Waals surface area (Å²) in [7, 11) is 0. The second-order valence-electron chi connectivity index (χ2n) is 7.32. The minimum absolute atomic E-state index is 0.0213. The van der Waals surface area contributed by atoms with Gasteiger partial charge in [0.1, 0.15) is 12.3 Å². The quantitative estimate of drug-likeness (QED) is 0.723. The summed E-state index contributed by atoms with van der Waals surface area (Å²) in [5.41, 5.74) is 2.55. The number of thioether (sulfide) groups is 1. The predicted molar refractivity (Wildman–Crippen MR) is 117 cm³/mol. The first-order valence-electron chi connectivity index (χ1n) is 9.98. The Morgan fingerprint density at radius 3 is 2.55 bits per heavy atom. The topological polar surface area (TPSA) is 87.2 Å². The first-order valence-corrected chi connectivity index (χ1v) is 10.8. The van der Waals surface area contributed by atoms with Gasteiger partial charge in [-0.2, -0.15) is 0 Å². The van der Waals surface area contributed by atoms with Crippen molar-refractivity contribution in [3.05, 3.63) is 70.1 Å². The highest BCUT2D eigenvalue weighted by molar-refractivity contribution is 8.18. The monoisotopic (exact) mass is 438 g/mol. The zero-order valence-corrected chi connectivity index (χ0v) is 17.6. The highest BCUT2D eigenvalue weighted by Crippen LogP contribution is 2.34. The molecule has 8 heteroatoms. The van der Waals surface area contributed by atoms with E-state index in [9.17, 15) is 19.5 Å². The van der Waals surface area contributed by atoms with Crippen molar-refractivity contribution in [2.75, 3.05) is 32.8 Å². The zero-order valence-electron chi connectivity index (χ0n) is 16.8. The van der Waals surface area contributed by atoms with E-state index < -0.39 is 11.1 Å². The van der Waals surface area contributed by atoms with Crippen molar-refractivity contribution in [1.82, 2.24) is 9.80 Å². The average molecular weight is 439 g/mol. The first-order chi connectivity index (χ1) is 15.0. The lowest BCUT2D eigenvalue weighted by atomic mass is 10.0. The van der Waals surface area contributed by atoms with Gasteiger partial charge in [0.2, 0.25) is 5.91 Å². The van der Waals surface area contributed by atoms with Crippen molar-refractivity contribution in [2.24, 2.45) is 0 Å². The average Bonchev–Trinajstić information content (AvgIpc) is 3.04. The highest BCUT2D eigenvalue weighted by atomic mass is 32.2. The van der Waals surface area contributed by atoms with Crippen LogP contribution in [0.2, 0.25) is 0 Å².